The van der Waals surface area contributed by atoms with Crippen LogP contribution in [0.25, 0.3) is 10.9 Å². The minimum atomic E-state index is 0. The maximum atomic E-state index is 6.13. The van der Waals surface area contributed by atoms with Crippen molar-refractivity contribution in [3.63, 3.8) is 0 Å². The van der Waals surface area contributed by atoms with Crippen molar-refractivity contribution in [2.45, 2.75) is 6.42 Å². The molecule has 3 aromatic rings. The molecule has 0 saturated carbocycles. The van der Waals surface area contributed by atoms with Gasteiger partial charge in [0.25, 0.3) is 0 Å². The molecule has 0 fully saturated rings. The van der Waals surface area contributed by atoms with Crippen molar-refractivity contribution in [3.05, 3.63) is 71.9 Å². The fraction of sp³-hybridized carbons (Fsp3) is 0.250. The third-order valence-corrected chi connectivity index (χ3v) is 3.83. The van der Waals surface area contributed by atoms with Gasteiger partial charge in [-0.15, -0.1) is 12.4 Å². The second-order valence-electron chi connectivity index (χ2n) is 5.94. The van der Waals surface area contributed by atoms with Crippen LogP contribution in [0.1, 0.15) is 11.1 Å². The van der Waals surface area contributed by atoms with E-state index in [2.05, 4.69) is 66.4 Å². The maximum Gasteiger partial charge on any atom is 0.149 e. The Balaban J connectivity index is 0.00000208. The summed E-state index contributed by atoms with van der Waals surface area (Å²) in [6.45, 7) is 1.54. The van der Waals surface area contributed by atoms with E-state index in [1.165, 1.54) is 11.1 Å². The molecular weight excluding hydrogens is 320 g/mol. The lowest BCUT2D eigenvalue weighted by Gasteiger charge is -2.16. The predicted molar refractivity (Wildman–Crippen MR) is 102 cm³/mol. The lowest BCUT2D eigenvalue weighted by Crippen LogP contribution is -2.20. The molecule has 0 amide bonds. The predicted octanol–water partition coefficient (Wildman–Crippen LogP) is 4.19. The average molecular weight is 343 g/mol. The van der Waals surface area contributed by atoms with Gasteiger partial charge < -0.3 is 9.64 Å². The van der Waals surface area contributed by atoms with E-state index in [0.29, 0.717) is 6.61 Å². The van der Waals surface area contributed by atoms with E-state index in [1.807, 2.05) is 18.3 Å². The lowest BCUT2D eigenvalue weighted by atomic mass is 10.0. The number of pyridine rings is 1. The van der Waals surface area contributed by atoms with Crippen LogP contribution in [0, 0.1) is 0 Å². The third kappa shape index (κ3) is 4.47. The van der Waals surface area contributed by atoms with Gasteiger partial charge in [0, 0.05) is 30.1 Å². The highest BCUT2D eigenvalue weighted by Gasteiger charge is 2.11. The molecule has 2 aromatic carbocycles. The maximum absolute atomic E-state index is 6.13. The number of aromatic nitrogens is 1. The van der Waals surface area contributed by atoms with E-state index in [0.717, 1.165) is 29.6 Å². The molecule has 0 aliphatic rings. The summed E-state index contributed by atoms with van der Waals surface area (Å²) in [5, 5.41) is 1.11. The van der Waals surface area contributed by atoms with Gasteiger partial charge in [-0.05, 0) is 25.7 Å². The van der Waals surface area contributed by atoms with E-state index in [4.69, 9.17) is 4.74 Å². The van der Waals surface area contributed by atoms with Gasteiger partial charge in [0.05, 0.1) is 0 Å². The van der Waals surface area contributed by atoms with Crippen LogP contribution in [0.5, 0.6) is 5.75 Å². The molecule has 24 heavy (non-hydrogen) atoms. The summed E-state index contributed by atoms with van der Waals surface area (Å²) >= 11 is 0. The summed E-state index contributed by atoms with van der Waals surface area (Å²) < 4.78 is 6.13. The highest BCUT2D eigenvalue weighted by molar-refractivity contribution is 5.86. The second kappa shape index (κ2) is 8.67. The molecule has 0 atom stereocenters. The SMILES string of the molecule is CN(C)CCOc1c(Cc2ccccc2)ccc2cccnc12.Cl. The van der Waals surface area contributed by atoms with E-state index in [9.17, 15) is 0 Å². The normalized spacial score (nSPS) is 10.6. The zero-order chi connectivity index (χ0) is 16.1. The van der Waals surface area contributed by atoms with Crippen LogP contribution in [-0.2, 0) is 6.42 Å². The van der Waals surface area contributed by atoms with E-state index in [-0.39, 0.29) is 12.4 Å². The monoisotopic (exact) mass is 342 g/mol. The van der Waals surface area contributed by atoms with Gasteiger partial charge in [-0.25, -0.2) is 0 Å². The molecule has 3 rings (SSSR count). The van der Waals surface area contributed by atoms with Crippen molar-refractivity contribution in [1.82, 2.24) is 9.88 Å². The molecule has 0 unspecified atom stereocenters. The minimum absolute atomic E-state index is 0. The zero-order valence-corrected chi connectivity index (χ0v) is 14.9. The molecule has 0 bridgehead atoms. The molecule has 1 heterocycles. The number of benzene rings is 2. The molecule has 4 heteroatoms. The van der Waals surface area contributed by atoms with E-state index >= 15 is 0 Å². The Bertz CT molecular complexity index is 775. The quantitative estimate of drug-likeness (QED) is 0.671. The highest BCUT2D eigenvalue weighted by Crippen LogP contribution is 2.30. The smallest absolute Gasteiger partial charge is 0.149 e. The summed E-state index contributed by atoms with van der Waals surface area (Å²) in [5.74, 6) is 0.911. The van der Waals surface area contributed by atoms with Crippen molar-refractivity contribution in [1.29, 1.82) is 0 Å². The Morgan fingerprint density at radius 2 is 1.75 bits per heavy atom. The molecular formula is C20H23ClN2O. The van der Waals surface area contributed by atoms with Gasteiger partial charge in [-0.3, -0.25) is 4.98 Å². The van der Waals surface area contributed by atoms with Crippen molar-refractivity contribution < 1.29 is 4.74 Å². The first kappa shape index (κ1) is 18.2. The second-order valence-corrected chi connectivity index (χ2v) is 5.94. The Labute approximate surface area is 149 Å². The van der Waals surface area contributed by atoms with E-state index < -0.39 is 0 Å². The summed E-state index contributed by atoms with van der Waals surface area (Å²) in [4.78, 5) is 6.66. The van der Waals surface area contributed by atoms with Crippen molar-refractivity contribution in [2.24, 2.45) is 0 Å². The van der Waals surface area contributed by atoms with Gasteiger partial charge in [0.1, 0.15) is 17.9 Å². The minimum Gasteiger partial charge on any atom is -0.490 e. The van der Waals surface area contributed by atoms with Gasteiger partial charge in [-0.1, -0.05) is 48.5 Å². The summed E-state index contributed by atoms with van der Waals surface area (Å²) in [7, 11) is 4.10. The largest absolute Gasteiger partial charge is 0.490 e. The van der Waals surface area contributed by atoms with Crippen LogP contribution in [0.4, 0.5) is 0 Å². The Morgan fingerprint density at radius 1 is 0.958 bits per heavy atom. The molecule has 0 spiro atoms. The highest BCUT2D eigenvalue weighted by atomic mass is 35.5. The molecule has 0 radical (unpaired) electrons. The fourth-order valence-corrected chi connectivity index (χ4v) is 2.61. The topological polar surface area (TPSA) is 25.4 Å². The molecule has 3 nitrogen and oxygen atoms in total. The number of ether oxygens (including phenoxy) is 1. The molecule has 0 aliphatic heterocycles. The van der Waals surface area contributed by atoms with Crippen LogP contribution in [0.2, 0.25) is 0 Å². The Kier molecular flexibility index (Phi) is 6.59. The molecule has 126 valence electrons. The van der Waals surface area contributed by atoms with Gasteiger partial charge >= 0.3 is 0 Å². The van der Waals surface area contributed by atoms with Crippen LogP contribution < -0.4 is 4.74 Å². The van der Waals surface area contributed by atoms with Crippen LogP contribution in [0.15, 0.2) is 60.8 Å². The summed E-state index contributed by atoms with van der Waals surface area (Å²) in [6.07, 6.45) is 2.68. The van der Waals surface area contributed by atoms with Gasteiger partial charge in [0.15, 0.2) is 0 Å². The zero-order valence-electron chi connectivity index (χ0n) is 14.1. The number of hydrogen-bond acceptors (Lipinski definition) is 3. The molecule has 0 N–H and O–H groups in total. The Hall–Kier alpha value is -2.10. The number of halogens is 1. The number of fused-ring (bicyclic) bond motifs is 1. The fourth-order valence-electron chi connectivity index (χ4n) is 2.61. The summed E-state index contributed by atoms with van der Waals surface area (Å²) in [6, 6.07) is 18.8. The number of nitrogens with zero attached hydrogens (tertiary/aromatic N) is 2. The van der Waals surface area contributed by atoms with Crippen molar-refractivity contribution >= 4 is 23.3 Å². The number of hydrogen-bond donors (Lipinski definition) is 0. The average Bonchev–Trinajstić information content (AvgIpc) is 2.57. The molecule has 0 saturated heterocycles. The lowest BCUT2D eigenvalue weighted by molar-refractivity contribution is 0.262. The molecule has 0 aliphatic carbocycles. The van der Waals surface area contributed by atoms with Crippen molar-refractivity contribution in [2.75, 3.05) is 27.2 Å². The standard InChI is InChI=1S/C20H22N2O.ClH/c1-22(2)13-14-23-20-18(15-16-7-4-3-5-8-16)11-10-17-9-6-12-21-19(17)20;/h3-12H,13-15H2,1-2H3;1H. The third-order valence-electron chi connectivity index (χ3n) is 3.83. The Morgan fingerprint density at radius 3 is 2.50 bits per heavy atom. The first-order chi connectivity index (χ1) is 11.2. The van der Waals surface area contributed by atoms with Gasteiger partial charge in [-0.2, -0.15) is 0 Å². The molecule has 1 aromatic heterocycles. The number of likely N-dealkylation sites (N-methyl/N-ethyl adjacent to an activating group) is 1. The van der Waals surface area contributed by atoms with E-state index in [1.54, 1.807) is 0 Å². The van der Waals surface area contributed by atoms with Crippen molar-refractivity contribution in [3.8, 4) is 5.75 Å². The van der Waals surface area contributed by atoms with Crippen LogP contribution >= 0.6 is 12.4 Å². The van der Waals surface area contributed by atoms with Crippen LogP contribution in [-0.4, -0.2) is 37.1 Å². The number of rotatable bonds is 6. The van der Waals surface area contributed by atoms with Crippen LogP contribution in [0.3, 0.4) is 0 Å². The van der Waals surface area contributed by atoms with Gasteiger partial charge in [0.2, 0.25) is 0 Å². The first-order valence-corrected chi connectivity index (χ1v) is 7.92. The first-order valence-electron chi connectivity index (χ1n) is 7.92. The summed E-state index contributed by atoms with van der Waals surface area (Å²) in [5.41, 5.74) is 3.40.